The van der Waals surface area contributed by atoms with Crippen LogP contribution >= 0.6 is 0 Å². The molecule has 3 fully saturated rings. The van der Waals surface area contributed by atoms with Gasteiger partial charge in [-0.2, -0.15) is 8.70 Å². The van der Waals surface area contributed by atoms with Crippen LogP contribution in [0, 0.1) is 5.92 Å². The molecule has 1 aliphatic heterocycles. The molecule has 1 N–H and O–H groups in total. The third-order valence-electron chi connectivity index (χ3n) is 6.96. The molecule has 2 bridgehead atoms. The van der Waals surface area contributed by atoms with Gasteiger partial charge in [-0.05, 0) is 38.2 Å². The van der Waals surface area contributed by atoms with E-state index in [1.54, 1.807) is 32.1 Å². The van der Waals surface area contributed by atoms with Crippen molar-refractivity contribution in [3.63, 3.8) is 0 Å². The van der Waals surface area contributed by atoms with E-state index in [9.17, 15) is 17.6 Å². The molecule has 9 nitrogen and oxygen atoms in total. The topological polar surface area (TPSA) is 99.6 Å². The third-order valence-corrected chi connectivity index (χ3v) is 8.90. The van der Waals surface area contributed by atoms with E-state index in [0.29, 0.717) is 36.7 Å². The van der Waals surface area contributed by atoms with Gasteiger partial charge in [0.25, 0.3) is 0 Å². The molecule has 0 aromatic heterocycles. The second-order valence-corrected chi connectivity index (χ2v) is 11.2. The van der Waals surface area contributed by atoms with Crippen molar-refractivity contribution in [3.05, 3.63) is 24.2 Å². The summed E-state index contributed by atoms with van der Waals surface area (Å²) in [5.41, 5.74) is 1.03. The predicted octanol–water partition coefficient (Wildman–Crippen LogP) is 2.43. The summed E-state index contributed by atoms with van der Waals surface area (Å²) in [6.07, 6.45) is 3.56. The van der Waals surface area contributed by atoms with Gasteiger partial charge < -0.3 is 24.4 Å². The Balaban J connectivity index is 1.86. The first kappa shape index (κ1) is 23.8. The van der Waals surface area contributed by atoms with Crippen LogP contribution in [0.3, 0.4) is 0 Å². The number of carboxylic acids is 1. The number of hydrogen-bond acceptors (Lipinski definition) is 7. The fourth-order valence-electron chi connectivity index (χ4n) is 4.97. The molecule has 1 aromatic rings. The summed E-state index contributed by atoms with van der Waals surface area (Å²) in [4.78, 5) is 14.8. The summed E-state index contributed by atoms with van der Waals surface area (Å²) in [6, 6.07) is 2.73. The SMILES string of the molecule is CCOC[C@@H]1CN(C23CC(C2)C3)c2cc(N(C)C)c(O/C=C(\F)C(=O)O)cc2S(=O)(=O)N1C. The van der Waals surface area contributed by atoms with Crippen LogP contribution in [0.2, 0.25) is 0 Å². The average Bonchev–Trinajstić information content (AvgIpc) is 2.76. The summed E-state index contributed by atoms with van der Waals surface area (Å²) in [5.74, 6) is -2.51. The Hall–Kier alpha value is -2.37. The number of aliphatic carboxylic acids is 1. The monoisotopic (exact) mass is 483 g/mol. The molecule has 1 aromatic carbocycles. The summed E-state index contributed by atoms with van der Waals surface area (Å²) in [6.45, 7) is 3.12. The molecule has 0 radical (unpaired) electrons. The molecule has 0 spiro atoms. The van der Waals surface area contributed by atoms with Crippen molar-refractivity contribution in [1.29, 1.82) is 0 Å². The van der Waals surface area contributed by atoms with Crippen molar-refractivity contribution < 1.29 is 32.2 Å². The van der Waals surface area contributed by atoms with Crippen LogP contribution in [0.4, 0.5) is 15.8 Å². The number of carbonyl (C=O) groups is 1. The molecule has 4 aliphatic rings. The molecule has 0 unspecified atom stereocenters. The zero-order chi connectivity index (χ0) is 24.1. The fraction of sp³-hybridized carbons (Fsp3) is 0.591. The number of benzene rings is 1. The van der Waals surface area contributed by atoms with Gasteiger partial charge in [-0.1, -0.05) is 0 Å². The fourth-order valence-corrected chi connectivity index (χ4v) is 6.48. The molecule has 5 rings (SSSR count). The number of halogens is 1. The van der Waals surface area contributed by atoms with Gasteiger partial charge in [0, 0.05) is 45.9 Å². The molecule has 182 valence electrons. The molecule has 0 saturated heterocycles. The Morgan fingerprint density at radius 2 is 2.00 bits per heavy atom. The first-order chi connectivity index (χ1) is 15.5. The van der Waals surface area contributed by atoms with Gasteiger partial charge in [0.2, 0.25) is 15.9 Å². The highest BCUT2D eigenvalue weighted by Gasteiger charge is 2.61. The summed E-state index contributed by atoms with van der Waals surface area (Å²) in [5, 5.41) is 8.79. The van der Waals surface area contributed by atoms with Crippen LogP contribution in [-0.4, -0.2) is 76.3 Å². The van der Waals surface area contributed by atoms with Gasteiger partial charge in [-0.15, -0.1) is 0 Å². The number of likely N-dealkylation sites (N-methyl/N-ethyl adjacent to an activating group) is 1. The second kappa shape index (κ2) is 8.44. The van der Waals surface area contributed by atoms with Gasteiger partial charge in [0.15, 0.2) is 5.75 Å². The standard InChI is InChI=1S/C22H30FN3O6S/c1-5-31-12-15-11-26(22-8-14(9-22)10-22)18-6-17(24(2)3)19(32-13-16(23)21(27)28)7-20(18)33(29,30)25(15)4/h6-7,13-15H,5,8-12H2,1-4H3,(H,27,28)/b16-13-/t14?,15-,22?/m0/s1. The van der Waals surface area contributed by atoms with E-state index in [4.69, 9.17) is 14.6 Å². The van der Waals surface area contributed by atoms with Crippen molar-refractivity contribution in [2.45, 2.75) is 42.7 Å². The number of nitrogens with zero attached hydrogens (tertiary/aromatic N) is 3. The number of hydrogen-bond donors (Lipinski definition) is 1. The minimum atomic E-state index is -3.93. The molecule has 11 heteroatoms. The Labute approximate surface area is 193 Å². The zero-order valence-electron chi connectivity index (χ0n) is 19.2. The number of anilines is 2. The van der Waals surface area contributed by atoms with Gasteiger partial charge >= 0.3 is 5.97 Å². The van der Waals surface area contributed by atoms with E-state index in [2.05, 4.69) is 4.90 Å². The third kappa shape index (κ3) is 3.95. The van der Waals surface area contributed by atoms with Crippen LogP contribution < -0.4 is 14.5 Å². The second-order valence-electron chi connectivity index (χ2n) is 9.22. The number of ether oxygens (including phenoxy) is 2. The van der Waals surface area contributed by atoms with Crippen molar-refractivity contribution in [2.75, 3.05) is 50.7 Å². The Morgan fingerprint density at radius 3 is 2.52 bits per heavy atom. The van der Waals surface area contributed by atoms with Crippen molar-refractivity contribution >= 4 is 27.4 Å². The molecule has 1 atom stereocenters. The molecule has 3 saturated carbocycles. The smallest absolute Gasteiger partial charge is 0.368 e. The minimum absolute atomic E-state index is 0.0490. The Morgan fingerprint density at radius 1 is 1.33 bits per heavy atom. The van der Waals surface area contributed by atoms with Crippen LogP contribution in [0.5, 0.6) is 5.75 Å². The molecule has 33 heavy (non-hydrogen) atoms. The van der Waals surface area contributed by atoms with E-state index in [1.807, 2.05) is 6.92 Å². The maximum absolute atomic E-state index is 13.7. The highest BCUT2D eigenvalue weighted by molar-refractivity contribution is 7.89. The largest absolute Gasteiger partial charge is 0.476 e. The molecular weight excluding hydrogens is 453 g/mol. The summed E-state index contributed by atoms with van der Waals surface area (Å²) < 4.78 is 53.2. The van der Waals surface area contributed by atoms with E-state index in [1.165, 1.54) is 10.4 Å². The van der Waals surface area contributed by atoms with E-state index in [0.717, 1.165) is 19.3 Å². The van der Waals surface area contributed by atoms with Crippen molar-refractivity contribution in [1.82, 2.24) is 4.31 Å². The lowest BCUT2D eigenvalue weighted by Gasteiger charge is -2.67. The van der Waals surface area contributed by atoms with Crippen LogP contribution in [0.1, 0.15) is 26.2 Å². The first-order valence-corrected chi connectivity index (χ1v) is 12.4. The first-order valence-electron chi connectivity index (χ1n) is 10.9. The van der Waals surface area contributed by atoms with Gasteiger partial charge in [-0.25, -0.2) is 13.2 Å². The lowest BCUT2D eigenvalue weighted by Crippen LogP contribution is -2.70. The number of carboxylic acid groups (broad SMARTS) is 1. The molecule has 3 aliphatic carbocycles. The molecule has 0 amide bonds. The van der Waals surface area contributed by atoms with Gasteiger partial charge in [-0.3, -0.25) is 0 Å². The van der Waals surface area contributed by atoms with E-state index in [-0.39, 0.29) is 28.8 Å². The molecular formula is C22H30FN3O6S. The zero-order valence-corrected chi connectivity index (χ0v) is 20.1. The number of rotatable bonds is 8. The average molecular weight is 484 g/mol. The normalized spacial score (nSPS) is 28.3. The minimum Gasteiger partial charge on any atom is -0.476 e. The summed E-state index contributed by atoms with van der Waals surface area (Å²) in [7, 11) is 1.12. The quantitative estimate of drug-likeness (QED) is 0.445. The van der Waals surface area contributed by atoms with Crippen LogP contribution in [0.25, 0.3) is 0 Å². The number of sulfonamides is 1. The lowest BCUT2D eigenvalue weighted by molar-refractivity contribution is -0.134. The Kier molecular flexibility index (Phi) is 6.08. The lowest BCUT2D eigenvalue weighted by atomic mass is 9.49. The highest BCUT2D eigenvalue weighted by Crippen LogP contribution is 2.62. The van der Waals surface area contributed by atoms with E-state index >= 15 is 0 Å². The summed E-state index contributed by atoms with van der Waals surface area (Å²) >= 11 is 0. The number of fused-ring (bicyclic) bond motifs is 1. The molecule has 1 heterocycles. The maximum Gasteiger partial charge on any atom is 0.368 e. The van der Waals surface area contributed by atoms with Crippen LogP contribution in [0.15, 0.2) is 29.1 Å². The maximum atomic E-state index is 13.7. The van der Waals surface area contributed by atoms with Crippen molar-refractivity contribution in [3.8, 4) is 5.75 Å². The van der Waals surface area contributed by atoms with Crippen molar-refractivity contribution in [2.24, 2.45) is 5.92 Å². The van der Waals surface area contributed by atoms with E-state index < -0.39 is 21.8 Å². The predicted molar refractivity (Wildman–Crippen MR) is 121 cm³/mol. The highest BCUT2D eigenvalue weighted by atomic mass is 32.2. The van der Waals surface area contributed by atoms with Crippen LogP contribution in [-0.2, 0) is 19.6 Å². The van der Waals surface area contributed by atoms with Gasteiger partial charge in [0.05, 0.1) is 24.0 Å². The Bertz CT molecular complexity index is 1070. The van der Waals surface area contributed by atoms with Gasteiger partial charge in [0.1, 0.15) is 11.2 Å².